The minimum Gasteiger partial charge on any atom is -0.368 e. The lowest BCUT2D eigenvalue weighted by atomic mass is 10.1. The maximum atomic E-state index is 13.1. The monoisotopic (exact) mass is 467 g/mol. The Morgan fingerprint density at radius 1 is 0.912 bits per heavy atom. The van der Waals surface area contributed by atoms with E-state index >= 15 is 0 Å². The minimum atomic E-state index is -4.35. The molecule has 34 heavy (non-hydrogen) atoms. The molecule has 0 saturated carbocycles. The zero-order chi connectivity index (χ0) is 23.9. The lowest BCUT2D eigenvalue weighted by Crippen LogP contribution is -2.47. The van der Waals surface area contributed by atoms with Gasteiger partial charge in [0.05, 0.1) is 11.3 Å². The molecule has 0 amide bonds. The molecule has 0 bridgehead atoms. The lowest BCUT2D eigenvalue weighted by molar-refractivity contribution is -0.137. The van der Waals surface area contributed by atoms with Gasteiger partial charge < -0.3 is 9.80 Å². The first-order valence-corrected chi connectivity index (χ1v) is 11.1. The summed E-state index contributed by atoms with van der Waals surface area (Å²) in [5.74, 6) is 2.14. The number of piperazine rings is 1. The van der Waals surface area contributed by atoms with Crippen LogP contribution in [-0.4, -0.2) is 50.7 Å². The predicted octanol–water partition coefficient (Wildman–Crippen LogP) is 4.66. The van der Waals surface area contributed by atoms with Gasteiger partial charge in [0.25, 0.3) is 5.78 Å². The lowest BCUT2D eigenvalue weighted by Gasteiger charge is -2.37. The topological polar surface area (TPSA) is 62.5 Å². The molecule has 0 N–H and O–H groups in total. The molecule has 4 aromatic rings. The van der Waals surface area contributed by atoms with Crippen molar-refractivity contribution in [2.45, 2.75) is 25.9 Å². The highest BCUT2D eigenvalue weighted by molar-refractivity contribution is 5.59. The summed E-state index contributed by atoms with van der Waals surface area (Å²) >= 11 is 0. The molecule has 0 aliphatic carbocycles. The molecule has 0 spiro atoms. The molecule has 1 saturated heterocycles. The van der Waals surface area contributed by atoms with E-state index < -0.39 is 11.7 Å². The van der Waals surface area contributed by atoms with E-state index in [4.69, 9.17) is 10.1 Å². The second-order valence-corrected chi connectivity index (χ2v) is 8.61. The van der Waals surface area contributed by atoms with Gasteiger partial charge in [-0.15, -0.1) is 5.10 Å². The minimum absolute atomic E-state index is 0.202. The molecule has 1 aromatic carbocycles. The maximum Gasteiger partial charge on any atom is 0.416 e. The fourth-order valence-electron chi connectivity index (χ4n) is 4.08. The van der Waals surface area contributed by atoms with Crippen LogP contribution >= 0.6 is 0 Å². The van der Waals surface area contributed by atoms with Gasteiger partial charge in [0.2, 0.25) is 0 Å². The van der Waals surface area contributed by atoms with Crippen molar-refractivity contribution >= 4 is 17.3 Å². The van der Waals surface area contributed by atoms with Crippen molar-refractivity contribution in [2.75, 3.05) is 36.0 Å². The zero-order valence-electron chi connectivity index (χ0n) is 18.9. The second-order valence-electron chi connectivity index (χ2n) is 8.61. The highest BCUT2D eigenvalue weighted by Crippen LogP contribution is 2.32. The second kappa shape index (κ2) is 8.58. The molecule has 1 aliphatic heterocycles. The first kappa shape index (κ1) is 22.1. The van der Waals surface area contributed by atoms with Crippen molar-refractivity contribution < 1.29 is 13.2 Å². The first-order chi connectivity index (χ1) is 16.3. The molecule has 176 valence electrons. The van der Waals surface area contributed by atoms with E-state index in [0.29, 0.717) is 43.5 Å². The molecular formula is C24H24F3N7. The average Bonchev–Trinajstić information content (AvgIpc) is 3.28. The molecular weight excluding hydrogens is 443 g/mol. The van der Waals surface area contributed by atoms with E-state index in [2.05, 4.69) is 28.7 Å². The molecule has 0 radical (unpaired) electrons. The van der Waals surface area contributed by atoms with Crippen LogP contribution in [0.5, 0.6) is 0 Å². The number of halogens is 3. The largest absolute Gasteiger partial charge is 0.416 e. The first-order valence-electron chi connectivity index (χ1n) is 11.1. The summed E-state index contributed by atoms with van der Waals surface area (Å²) in [6, 6.07) is 11.3. The van der Waals surface area contributed by atoms with Gasteiger partial charge in [-0.25, -0.2) is 4.98 Å². The normalized spacial score (nSPS) is 14.9. The third-order valence-corrected chi connectivity index (χ3v) is 5.97. The van der Waals surface area contributed by atoms with E-state index in [9.17, 15) is 13.2 Å². The molecule has 7 nitrogen and oxygen atoms in total. The molecule has 5 rings (SSSR count). The van der Waals surface area contributed by atoms with E-state index in [1.165, 1.54) is 12.1 Å². The van der Waals surface area contributed by atoms with Gasteiger partial charge in [-0.05, 0) is 36.2 Å². The third kappa shape index (κ3) is 4.27. The fourth-order valence-corrected chi connectivity index (χ4v) is 4.08. The van der Waals surface area contributed by atoms with Crippen LogP contribution < -0.4 is 9.80 Å². The number of alkyl halides is 3. The van der Waals surface area contributed by atoms with Crippen LogP contribution in [0.15, 0.2) is 54.9 Å². The Kier molecular flexibility index (Phi) is 5.59. The number of pyridine rings is 1. The number of hydrogen-bond donors (Lipinski definition) is 0. The molecule has 0 atom stereocenters. The van der Waals surface area contributed by atoms with E-state index in [0.717, 1.165) is 23.1 Å². The van der Waals surface area contributed by atoms with Crippen molar-refractivity contribution in [2.24, 2.45) is 0 Å². The van der Waals surface area contributed by atoms with Gasteiger partial charge in [0, 0.05) is 55.9 Å². The number of rotatable bonds is 4. The predicted molar refractivity (Wildman–Crippen MR) is 124 cm³/mol. The number of hydrogen-bond acceptors (Lipinski definition) is 6. The average molecular weight is 467 g/mol. The van der Waals surface area contributed by atoms with Crippen molar-refractivity contribution in [1.29, 1.82) is 0 Å². The van der Waals surface area contributed by atoms with Crippen LogP contribution in [-0.2, 0) is 6.18 Å². The summed E-state index contributed by atoms with van der Waals surface area (Å²) in [6.07, 6.45) is -0.942. The molecule has 0 unspecified atom stereocenters. The van der Waals surface area contributed by atoms with Crippen molar-refractivity contribution in [3.05, 3.63) is 66.1 Å². The van der Waals surface area contributed by atoms with Gasteiger partial charge in [-0.1, -0.05) is 19.9 Å². The van der Waals surface area contributed by atoms with Crippen molar-refractivity contribution in [1.82, 2.24) is 24.6 Å². The smallest absolute Gasteiger partial charge is 0.368 e. The summed E-state index contributed by atoms with van der Waals surface area (Å²) in [7, 11) is 0. The summed E-state index contributed by atoms with van der Waals surface area (Å²) in [5.41, 5.74) is 1.67. The van der Waals surface area contributed by atoms with Gasteiger partial charge >= 0.3 is 6.18 Å². The quantitative estimate of drug-likeness (QED) is 0.435. The Balaban J connectivity index is 1.44. The summed E-state index contributed by atoms with van der Waals surface area (Å²) in [5, 5.41) is 4.70. The van der Waals surface area contributed by atoms with Gasteiger partial charge in [0.15, 0.2) is 5.82 Å². The Labute approximate surface area is 194 Å². The number of anilines is 2. The fraction of sp³-hybridized carbons (Fsp3) is 0.333. The molecule has 10 heteroatoms. The number of benzene rings is 1. The summed E-state index contributed by atoms with van der Waals surface area (Å²) in [4.78, 5) is 17.7. The summed E-state index contributed by atoms with van der Waals surface area (Å²) in [6.45, 7) is 6.60. The van der Waals surface area contributed by atoms with Crippen LogP contribution in [0.1, 0.15) is 31.0 Å². The van der Waals surface area contributed by atoms with E-state index in [1.807, 2.05) is 23.1 Å². The Morgan fingerprint density at radius 3 is 2.35 bits per heavy atom. The Morgan fingerprint density at radius 2 is 1.68 bits per heavy atom. The molecule has 1 aliphatic rings. The maximum absolute atomic E-state index is 13.1. The number of nitrogens with zero attached hydrogens (tertiary/aromatic N) is 7. The van der Waals surface area contributed by atoms with E-state index in [1.54, 1.807) is 23.0 Å². The standard InChI is InChI=1S/C24H24F3N7/c1-16(2)20-14-21(34-23(29-20)30-22(31-34)17-5-4-8-28-15-17)33-11-9-32(10-12-33)19-7-3-6-18(13-19)24(25,26)27/h3-8,13-16H,9-12H2,1-2H3. The summed E-state index contributed by atoms with van der Waals surface area (Å²) < 4.78 is 41.2. The highest BCUT2D eigenvalue weighted by atomic mass is 19.4. The van der Waals surface area contributed by atoms with Gasteiger partial charge in [-0.2, -0.15) is 22.7 Å². The number of fused-ring (bicyclic) bond motifs is 1. The molecule has 1 fully saturated rings. The van der Waals surface area contributed by atoms with Crippen LogP contribution in [0.4, 0.5) is 24.7 Å². The van der Waals surface area contributed by atoms with Crippen LogP contribution in [0.3, 0.4) is 0 Å². The Hall–Kier alpha value is -3.69. The van der Waals surface area contributed by atoms with Gasteiger partial charge in [-0.3, -0.25) is 4.98 Å². The Bertz CT molecular complexity index is 1290. The zero-order valence-corrected chi connectivity index (χ0v) is 18.9. The van der Waals surface area contributed by atoms with Crippen molar-refractivity contribution in [3.63, 3.8) is 0 Å². The third-order valence-electron chi connectivity index (χ3n) is 5.97. The van der Waals surface area contributed by atoms with Crippen LogP contribution in [0.2, 0.25) is 0 Å². The van der Waals surface area contributed by atoms with E-state index in [-0.39, 0.29) is 5.92 Å². The molecule has 3 aromatic heterocycles. The van der Waals surface area contributed by atoms with Crippen LogP contribution in [0, 0.1) is 0 Å². The highest BCUT2D eigenvalue weighted by Gasteiger charge is 2.31. The number of aromatic nitrogens is 5. The SMILES string of the molecule is CC(C)c1cc(N2CCN(c3cccc(C(F)(F)F)c3)CC2)n2nc(-c3cccnc3)nc2n1. The molecule has 4 heterocycles. The van der Waals surface area contributed by atoms with Gasteiger partial charge in [0.1, 0.15) is 5.82 Å². The van der Waals surface area contributed by atoms with Crippen molar-refractivity contribution in [3.8, 4) is 11.4 Å². The van der Waals surface area contributed by atoms with Crippen LogP contribution in [0.25, 0.3) is 17.2 Å².